The molecule has 0 aliphatic carbocycles. The molecule has 1 aromatic carbocycles. The van der Waals surface area contributed by atoms with Crippen molar-refractivity contribution in [2.24, 2.45) is 0 Å². The molecule has 2 aliphatic heterocycles. The summed E-state index contributed by atoms with van der Waals surface area (Å²) >= 11 is 0. The smallest absolute Gasteiger partial charge is 0.317 e. The van der Waals surface area contributed by atoms with Gasteiger partial charge in [0, 0.05) is 39.3 Å². The molecule has 1 aromatic heterocycles. The number of nitrogens with one attached hydrogen (secondary N) is 1. The molecular formula is C24H34N4O2. The zero-order valence-electron chi connectivity index (χ0n) is 17.9. The summed E-state index contributed by atoms with van der Waals surface area (Å²) in [6.07, 6.45) is 7.09. The van der Waals surface area contributed by atoms with Crippen molar-refractivity contribution >= 4 is 6.03 Å². The van der Waals surface area contributed by atoms with Gasteiger partial charge in [0.25, 0.3) is 0 Å². The molecule has 6 nitrogen and oxygen atoms in total. The van der Waals surface area contributed by atoms with Crippen LogP contribution in [-0.4, -0.2) is 60.0 Å². The Labute approximate surface area is 179 Å². The van der Waals surface area contributed by atoms with Gasteiger partial charge in [-0.3, -0.25) is 9.80 Å². The number of piperazine rings is 1. The monoisotopic (exact) mass is 410 g/mol. The molecule has 2 fully saturated rings. The SMILES string of the molecule is O=C(NCc1ccc(CN2CCCCCC2)cc1)N1CCN(Cc2ccco2)CC1. The van der Waals surface area contributed by atoms with Gasteiger partial charge < -0.3 is 14.6 Å². The predicted octanol–water partition coefficient (Wildman–Crippen LogP) is 3.68. The van der Waals surface area contributed by atoms with Crippen LogP contribution in [0.25, 0.3) is 0 Å². The van der Waals surface area contributed by atoms with Crippen LogP contribution in [0.5, 0.6) is 0 Å². The van der Waals surface area contributed by atoms with E-state index >= 15 is 0 Å². The van der Waals surface area contributed by atoms with Gasteiger partial charge in [-0.2, -0.15) is 0 Å². The minimum atomic E-state index is 0.0290. The molecule has 0 saturated carbocycles. The molecule has 162 valence electrons. The number of hydrogen-bond acceptors (Lipinski definition) is 4. The lowest BCUT2D eigenvalue weighted by Crippen LogP contribution is -2.51. The maximum Gasteiger partial charge on any atom is 0.317 e. The number of benzene rings is 1. The highest BCUT2D eigenvalue weighted by Gasteiger charge is 2.21. The second-order valence-electron chi connectivity index (χ2n) is 8.51. The molecule has 2 aromatic rings. The highest BCUT2D eigenvalue weighted by molar-refractivity contribution is 5.74. The highest BCUT2D eigenvalue weighted by Crippen LogP contribution is 2.14. The molecule has 0 unspecified atom stereocenters. The Kier molecular flexibility index (Phi) is 7.43. The van der Waals surface area contributed by atoms with E-state index in [2.05, 4.69) is 39.4 Å². The van der Waals surface area contributed by atoms with E-state index in [0.717, 1.165) is 50.6 Å². The number of rotatable bonds is 6. The van der Waals surface area contributed by atoms with E-state index in [1.165, 1.54) is 44.3 Å². The highest BCUT2D eigenvalue weighted by atomic mass is 16.3. The Morgan fingerprint density at radius 3 is 2.13 bits per heavy atom. The van der Waals surface area contributed by atoms with Gasteiger partial charge in [0.1, 0.15) is 5.76 Å². The van der Waals surface area contributed by atoms with Crippen molar-refractivity contribution in [1.29, 1.82) is 0 Å². The summed E-state index contributed by atoms with van der Waals surface area (Å²) in [6, 6.07) is 12.7. The standard InChI is InChI=1S/C24H34N4O2/c29-24(28-15-13-27(14-16-28)20-23-6-5-17-30-23)25-18-21-7-9-22(10-8-21)19-26-11-3-1-2-4-12-26/h5-10,17H,1-4,11-16,18-20H2,(H,25,29). The molecule has 2 saturated heterocycles. The average Bonchev–Trinajstić information content (AvgIpc) is 3.15. The second kappa shape index (κ2) is 10.6. The Morgan fingerprint density at radius 2 is 1.47 bits per heavy atom. The molecule has 30 heavy (non-hydrogen) atoms. The fraction of sp³-hybridized carbons (Fsp3) is 0.542. The first-order chi connectivity index (χ1) is 14.8. The Hall–Kier alpha value is -2.31. The molecule has 2 aliphatic rings. The summed E-state index contributed by atoms with van der Waals surface area (Å²) in [5.41, 5.74) is 2.51. The molecular weight excluding hydrogens is 376 g/mol. The third kappa shape index (κ3) is 6.09. The number of amides is 2. The fourth-order valence-corrected chi connectivity index (χ4v) is 4.34. The van der Waals surface area contributed by atoms with Crippen LogP contribution >= 0.6 is 0 Å². The first-order valence-electron chi connectivity index (χ1n) is 11.3. The lowest BCUT2D eigenvalue weighted by atomic mass is 10.1. The maximum absolute atomic E-state index is 12.5. The van der Waals surface area contributed by atoms with Crippen LogP contribution < -0.4 is 5.32 Å². The van der Waals surface area contributed by atoms with Crippen molar-refractivity contribution in [2.45, 2.75) is 45.3 Å². The van der Waals surface area contributed by atoms with Gasteiger partial charge in [-0.15, -0.1) is 0 Å². The van der Waals surface area contributed by atoms with E-state index in [-0.39, 0.29) is 6.03 Å². The van der Waals surface area contributed by atoms with Crippen LogP contribution in [0.3, 0.4) is 0 Å². The van der Waals surface area contributed by atoms with Crippen LogP contribution in [0.2, 0.25) is 0 Å². The lowest BCUT2D eigenvalue weighted by molar-refractivity contribution is 0.130. The third-order valence-electron chi connectivity index (χ3n) is 6.19. The van der Waals surface area contributed by atoms with Gasteiger partial charge in [-0.25, -0.2) is 4.79 Å². The fourth-order valence-electron chi connectivity index (χ4n) is 4.34. The maximum atomic E-state index is 12.5. The van der Waals surface area contributed by atoms with E-state index in [9.17, 15) is 4.79 Å². The molecule has 1 N–H and O–H groups in total. The number of furan rings is 1. The minimum Gasteiger partial charge on any atom is -0.468 e. The Bertz CT molecular complexity index is 759. The molecule has 0 bridgehead atoms. The molecule has 0 atom stereocenters. The molecule has 6 heteroatoms. The largest absolute Gasteiger partial charge is 0.468 e. The van der Waals surface area contributed by atoms with Gasteiger partial charge in [0.05, 0.1) is 12.8 Å². The summed E-state index contributed by atoms with van der Waals surface area (Å²) in [7, 11) is 0. The van der Waals surface area contributed by atoms with Crippen LogP contribution in [0.1, 0.15) is 42.6 Å². The van der Waals surface area contributed by atoms with Crippen LogP contribution in [-0.2, 0) is 19.6 Å². The number of likely N-dealkylation sites (tertiary alicyclic amines) is 1. The van der Waals surface area contributed by atoms with Gasteiger partial charge >= 0.3 is 6.03 Å². The number of urea groups is 1. The van der Waals surface area contributed by atoms with Crippen molar-refractivity contribution in [3.8, 4) is 0 Å². The third-order valence-corrected chi connectivity index (χ3v) is 6.19. The zero-order valence-corrected chi connectivity index (χ0v) is 17.9. The van der Waals surface area contributed by atoms with Crippen LogP contribution in [0.4, 0.5) is 4.79 Å². The normalized spacial score (nSPS) is 18.9. The first-order valence-corrected chi connectivity index (χ1v) is 11.3. The number of hydrogen-bond donors (Lipinski definition) is 1. The van der Waals surface area contributed by atoms with Crippen molar-refractivity contribution in [1.82, 2.24) is 20.0 Å². The first kappa shape index (κ1) is 20.9. The summed E-state index contributed by atoms with van der Waals surface area (Å²) < 4.78 is 5.42. The van der Waals surface area contributed by atoms with Gasteiger partial charge in [0.15, 0.2) is 0 Å². The van der Waals surface area contributed by atoms with Crippen molar-refractivity contribution < 1.29 is 9.21 Å². The van der Waals surface area contributed by atoms with E-state index in [0.29, 0.717) is 6.54 Å². The van der Waals surface area contributed by atoms with Gasteiger partial charge in [0.2, 0.25) is 0 Å². The predicted molar refractivity (Wildman–Crippen MR) is 118 cm³/mol. The summed E-state index contributed by atoms with van der Waals surface area (Å²) in [5.74, 6) is 0.979. The zero-order chi connectivity index (χ0) is 20.6. The minimum absolute atomic E-state index is 0.0290. The molecule has 2 amide bonds. The summed E-state index contributed by atoms with van der Waals surface area (Å²) in [6.45, 7) is 8.11. The van der Waals surface area contributed by atoms with Crippen LogP contribution in [0, 0.1) is 0 Å². The summed E-state index contributed by atoms with van der Waals surface area (Å²) in [4.78, 5) is 19.3. The Balaban J connectivity index is 1.17. The second-order valence-corrected chi connectivity index (χ2v) is 8.51. The topological polar surface area (TPSA) is 52.0 Å². The van der Waals surface area contributed by atoms with Gasteiger partial charge in [-0.1, -0.05) is 37.1 Å². The van der Waals surface area contributed by atoms with E-state index in [4.69, 9.17) is 4.42 Å². The van der Waals surface area contributed by atoms with E-state index < -0.39 is 0 Å². The number of nitrogens with zero attached hydrogens (tertiary/aromatic N) is 3. The van der Waals surface area contributed by atoms with Crippen molar-refractivity contribution in [2.75, 3.05) is 39.3 Å². The van der Waals surface area contributed by atoms with E-state index in [1.807, 2.05) is 17.0 Å². The Morgan fingerprint density at radius 1 is 0.800 bits per heavy atom. The van der Waals surface area contributed by atoms with Crippen LogP contribution in [0.15, 0.2) is 47.1 Å². The molecule has 4 rings (SSSR count). The van der Waals surface area contributed by atoms with Crippen molar-refractivity contribution in [3.63, 3.8) is 0 Å². The number of carbonyl (C=O) groups excluding carboxylic acids is 1. The quantitative estimate of drug-likeness (QED) is 0.789. The van der Waals surface area contributed by atoms with Gasteiger partial charge in [-0.05, 0) is 49.2 Å². The summed E-state index contributed by atoms with van der Waals surface area (Å²) in [5, 5.41) is 3.08. The lowest BCUT2D eigenvalue weighted by Gasteiger charge is -2.34. The molecule has 0 spiro atoms. The molecule has 0 radical (unpaired) electrons. The molecule has 3 heterocycles. The average molecular weight is 411 g/mol. The van der Waals surface area contributed by atoms with Crippen molar-refractivity contribution in [3.05, 3.63) is 59.5 Å². The number of carbonyl (C=O) groups is 1. The van der Waals surface area contributed by atoms with E-state index in [1.54, 1.807) is 6.26 Å².